The van der Waals surface area contributed by atoms with E-state index in [2.05, 4.69) is 28.8 Å². The van der Waals surface area contributed by atoms with Gasteiger partial charge in [-0.05, 0) is 81.2 Å². The molecule has 4 aromatic rings. The normalized spacial score (nSPS) is 15.0. The van der Waals surface area contributed by atoms with Crippen molar-refractivity contribution >= 4 is 0 Å². The quantitative estimate of drug-likeness (QED) is 0.410. The monoisotopic (exact) mass is 456 g/mol. The van der Waals surface area contributed by atoms with Crippen LogP contribution in [-0.4, -0.2) is 49.8 Å². The van der Waals surface area contributed by atoms with Crippen LogP contribution in [0.15, 0.2) is 61.2 Å². The molecule has 4 heterocycles. The first-order valence-electron chi connectivity index (χ1n) is 11.9. The fourth-order valence-corrected chi connectivity index (χ4v) is 4.63. The van der Waals surface area contributed by atoms with Crippen LogP contribution in [0.2, 0.25) is 0 Å². The van der Waals surface area contributed by atoms with Gasteiger partial charge in [0.15, 0.2) is 0 Å². The summed E-state index contributed by atoms with van der Waals surface area (Å²) in [6.07, 6.45) is 9.80. The number of halogens is 1. The smallest absolute Gasteiger partial charge is 0.133 e. The number of hydrogen-bond donors (Lipinski definition) is 0. The first kappa shape index (κ1) is 22.3. The number of pyridine rings is 1. The van der Waals surface area contributed by atoms with Crippen LogP contribution in [0.25, 0.3) is 22.5 Å². The summed E-state index contributed by atoms with van der Waals surface area (Å²) in [5, 5.41) is 4.72. The molecule has 3 aromatic heterocycles. The zero-order valence-electron chi connectivity index (χ0n) is 19.7. The van der Waals surface area contributed by atoms with Crippen molar-refractivity contribution < 1.29 is 4.39 Å². The van der Waals surface area contributed by atoms with Gasteiger partial charge in [0, 0.05) is 48.9 Å². The van der Waals surface area contributed by atoms with Crippen molar-refractivity contribution in [3.63, 3.8) is 0 Å². The third-order valence-electron chi connectivity index (χ3n) is 6.59. The van der Waals surface area contributed by atoms with Crippen molar-refractivity contribution in [1.82, 2.24) is 29.6 Å². The van der Waals surface area contributed by atoms with Crippen LogP contribution in [0, 0.1) is 5.82 Å². The number of piperidine rings is 1. The van der Waals surface area contributed by atoms with Crippen molar-refractivity contribution in [3.05, 3.63) is 84.0 Å². The molecular weight excluding hydrogens is 427 g/mol. The first-order valence-corrected chi connectivity index (χ1v) is 11.9. The molecule has 1 saturated heterocycles. The topological polar surface area (TPSA) is 59.7 Å². The summed E-state index contributed by atoms with van der Waals surface area (Å²) in [5.74, 6) is 0.836. The second-order valence-corrected chi connectivity index (χ2v) is 8.96. The van der Waals surface area contributed by atoms with Crippen LogP contribution >= 0.6 is 0 Å². The van der Waals surface area contributed by atoms with E-state index in [4.69, 9.17) is 10.1 Å². The van der Waals surface area contributed by atoms with Gasteiger partial charge in [-0.3, -0.25) is 9.67 Å². The highest BCUT2D eigenvalue weighted by atomic mass is 19.1. The molecule has 1 aliphatic heterocycles. The van der Waals surface area contributed by atoms with Gasteiger partial charge in [0.1, 0.15) is 17.3 Å². The highest BCUT2D eigenvalue weighted by Crippen LogP contribution is 2.31. The van der Waals surface area contributed by atoms with Gasteiger partial charge in [0.2, 0.25) is 0 Å². The lowest BCUT2D eigenvalue weighted by Crippen LogP contribution is -2.29. The lowest BCUT2D eigenvalue weighted by atomic mass is 9.88. The molecule has 0 amide bonds. The van der Waals surface area contributed by atoms with E-state index in [1.807, 2.05) is 47.4 Å². The molecule has 174 valence electrons. The second-order valence-electron chi connectivity index (χ2n) is 8.96. The van der Waals surface area contributed by atoms with Gasteiger partial charge in [0.25, 0.3) is 0 Å². The molecule has 0 spiro atoms. The third-order valence-corrected chi connectivity index (χ3v) is 6.59. The van der Waals surface area contributed by atoms with E-state index in [0.717, 1.165) is 66.1 Å². The van der Waals surface area contributed by atoms with Crippen molar-refractivity contribution in [2.24, 2.45) is 0 Å². The summed E-state index contributed by atoms with van der Waals surface area (Å²) in [5.41, 5.74) is 5.22. The summed E-state index contributed by atoms with van der Waals surface area (Å²) >= 11 is 0. The Morgan fingerprint density at radius 2 is 1.94 bits per heavy atom. The summed E-state index contributed by atoms with van der Waals surface area (Å²) in [6.45, 7) is 4.84. The van der Waals surface area contributed by atoms with Gasteiger partial charge in [-0.2, -0.15) is 5.10 Å². The minimum absolute atomic E-state index is 0.119. The Bertz CT molecular complexity index is 1260. The average Bonchev–Trinajstić information content (AvgIpc) is 3.30. The highest BCUT2D eigenvalue weighted by Gasteiger charge is 2.21. The molecule has 0 aliphatic carbocycles. The molecular formula is C27H29FN6. The Balaban J connectivity index is 1.40. The summed E-state index contributed by atoms with van der Waals surface area (Å²) in [6, 6.07) is 11.4. The Labute approximate surface area is 199 Å². The summed E-state index contributed by atoms with van der Waals surface area (Å²) in [7, 11) is 2.12. The summed E-state index contributed by atoms with van der Waals surface area (Å²) < 4.78 is 16.9. The van der Waals surface area contributed by atoms with E-state index in [0.29, 0.717) is 18.2 Å². The Kier molecular flexibility index (Phi) is 6.45. The van der Waals surface area contributed by atoms with Gasteiger partial charge in [-0.25, -0.2) is 14.4 Å². The first-order chi connectivity index (χ1) is 16.6. The van der Waals surface area contributed by atoms with Crippen LogP contribution < -0.4 is 0 Å². The van der Waals surface area contributed by atoms with E-state index in [1.54, 1.807) is 18.5 Å². The Morgan fingerprint density at radius 1 is 1.09 bits per heavy atom. The van der Waals surface area contributed by atoms with Crippen molar-refractivity contribution in [3.8, 4) is 22.5 Å². The number of benzene rings is 1. The fourth-order valence-electron chi connectivity index (χ4n) is 4.63. The number of likely N-dealkylation sites (tertiary alicyclic amines) is 1. The molecule has 1 fully saturated rings. The maximum absolute atomic E-state index is 15.0. The van der Waals surface area contributed by atoms with E-state index >= 15 is 0 Å². The molecule has 6 nitrogen and oxygen atoms in total. The predicted molar refractivity (Wildman–Crippen MR) is 131 cm³/mol. The van der Waals surface area contributed by atoms with E-state index < -0.39 is 0 Å². The number of rotatable bonds is 6. The van der Waals surface area contributed by atoms with Crippen molar-refractivity contribution in [1.29, 1.82) is 0 Å². The molecule has 0 radical (unpaired) electrons. The molecule has 1 aromatic carbocycles. The minimum atomic E-state index is -0.119. The van der Waals surface area contributed by atoms with Crippen molar-refractivity contribution in [2.75, 3.05) is 20.1 Å². The molecule has 5 rings (SSSR count). The fraction of sp³-hybridized carbons (Fsp3) is 0.333. The third kappa shape index (κ3) is 4.75. The maximum Gasteiger partial charge on any atom is 0.133 e. The standard InChI is InChI=1S/C27H29FN6/c1-3-34-18-23(27(32-34)21-5-4-11-29-17-21)25-8-12-30-26(31-25)16-19-6-7-22(24(28)15-19)20-9-13-33(2)14-10-20/h4-8,11-12,15,17-18,20H,3,9-10,13-14,16H2,1-2H3. The van der Waals surface area contributed by atoms with Gasteiger partial charge in [-0.1, -0.05) is 12.1 Å². The zero-order chi connectivity index (χ0) is 23.5. The lowest BCUT2D eigenvalue weighted by molar-refractivity contribution is 0.253. The van der Waals surface area contributed by atoms with Crippen LogP contribution in [-0.2, 0) is 13.0 Å². The van der Waals surface area contributed by atoms with Crippen molar-refractivity contribution in [2.45, 2.75) is 38.6 Å². The van der Waals surface area contributed by atoms with Crippen LogP contribution in [0.3, 0.4) is 0 Å². The molecule has 0 atom stereocenters. The van der Waals surface area contributed by atoms with E-state index in [9.17, 15) is 4.39 Å². The number of nitrogens with zero attached hydrogens (tertiary/aromatic N) is 6. The van der Waals surface area contributed by atoms with Crippen LogP contribution in [0.1, 0.15) is 42.6 Å². The molecule has 0 bridgehead atoms. The van der Waals surface area contributed by atoms with Crippen LogP contribution in [0.5, 0.6) is 0 Å². The number of aromatic nitrogens is 5. The predicted octanol–water partition coefficient (Wildman–Crippen LogP) is 4.96. The zero-order valence-corrected chi connectivity index (χ0v) is 19.7. The summed E-state index contributed by atoms with van der Waals surface area (Å²) in [4.78, 5) is 15.8. The maximum atomic E-state index is 15.0. The largest absolute Gasteiger partial charge is 0.306 e. The van der Waals surface area contributed by atoms with Gasteiger partial charge in [-0.15, -0.1) is 0 Å². The molecule has 0 saturated carbocycles. The second kappa shape index (κ2) is 9.81. The molecule has 0 N–H and O–H groups in total. The van der Waals surface area contributed by atoms with Crippen LogP contribution in [0.4, 0.5) is 4.39 Å². The van der Waals surface area contributed by atoms with E-state index in [1.165, 1.54) is 0 Å². The molecule has 34 heavy (non-hydrogen) atoms. The highest BCUT2D eigenvalue weighted by molar-refractivity contribution is 5.78. The molecule has 1 aliphatic rings. The minimum Gasteiger partial charge on any atom is -0.306 e. The SMILES string of the molecule is CCn1cc(-c2ccnc(Cc3ccc(C4CCN(C)CC4)c(F)c3)n2)c(-c2cccnc2)n1. The van der Waals surface area contributed by atoms with Gasteiger partial charge in [0.05, 0.1) is 5.69 Å². The Hall–Kier alpha value is -3.45. The van der Waals surface area contributed by atoms with Gasteiger partial charge >= 0.3 is 0 Å². The van der Waals surface area contributed by atoms with Gasteiger partial charge < -0.3 is 4.90 Å². The van der Waals surface area contributed by atoms with E-state index in [-0.39, 0.29) is 5.82 Å². The lowest BCUT2D eigenvalue weighted by Gasteiger charge is -2.29. The Morgan fingerprint density at radius 3 is 2.68 bits per heavy atom. The number of aryl methyl sites for hydroxylation is 1. The molecule has 7 heteroatoms. The average molecular weight is 457 g/mol. The number of hydrogen-bond acceptors (Lipinski definition) is 5. The molecule has 0 unspecified atom stereocenters.